The zero-order valence-corrected chi connectivity index (χ0v) is 12.8. The topological polar surface area (TPSA) is 55.8 Å². The average Bonchev–Trinajstić information content (AvgIpc) is 2.53. The lowest BCUT2D eigenvalue weighted by Crippen LogP contribution is -2.03. The molecule has 2 aromatic rings. The van der Waals surface area contributed by atoms with E-state index in [0.717, 1.165) is 18.6 Å². The Labute approximate surface area is 134 Å². The number of hydrogen-bond acceptors (Lipinski definition) is 3. The summed E-state index contributed by atoms with van der Waals surface area (Å²) in [4.78, 5) is 10.7. The smallest absolute Gasteiger partial charge is 0.335 e. The first-order valence-corrected chi connectivity index (χ1v) is 7.37. The van der Waals surface area contributed by atoms with Crippen LogP contribution in [0.4, 0.5) is 0 Å². The quantitative estimate of drug-likeness (QED) is 0.738. The number of carbonyl (C=O) groups is 1. The summed E-state index contributed by atoms with van der Waals surface area (Å²) in [6, 6.07) is 13.6. The van der Waals surface area contributed by atoms with Crippen molar-refractivity contribution in [1.29, 1.82) is 0 Å². The Kier molecular flexibility index (Phi) is 6.10. The van der Waals surface area contributed by atoms with Gasteiger partial charge in [-0.3, -0.25) is 0 Å². The number of hydrogen-bond donors (Lipinski definition) is 1. The van der Waals surface area contributed by atoms with E-state index in [0.29, 0.717) is 24.0 Å². The van der Waals surface area contributed by atoms with E-state index in [4.69, 9.17) is 26.2 Å². The summed E-state index contributed by atoms with van der Waals surface area (Å²) in [7, 11) is 0. The normalized spacial score (nSPS) is 10.2. The van der Waals surface area contributed by atoms with Gasteiger partial charge in [-0.25, -0.2) is 4.79 Å². The van der Waals surface area contributed by atoms with Gasteiger partial charge in [0.2, 0.25) is 0 Å². The maximum absolute atomic E-state index is 10.7. The third-order valence-corrected chi connectivity index (χ3v) is 3.24. The number of benzene rings is 2. The fourth-order valence-electron chi connectivity index (χ4n) is 1.81. The van der Waals surface area contributed by atoms with E-state index < -0.39 is 5.97 Å². The lowest BCUT2D eigenvalue weighted by atomic mass is 10.2. The van der Waals surface area contributed by atoms with Crippen LogP contribution in [0.5, 0.6) is 11.5 Å². The van der Waals surface area contributed by atoms with Gasteiger partial charge in [-0.1, -0.05) is 11.6 Å². The Morgan fingerprint density at radius 2 is 1.32 bits per heavy atom. The molecule has 116 valence electrons. The van der Waals surface area contributed by atoms with E-state index in [1.165, 1.54) is 12.1 Å². The lowest BCUT2D eigenvalue weighted by molar-refractivity contribution is 0.0697. The molecule has 0 saturated carbocycles. The monoisotopic (exact) mass is 320 g/mol. The molecule has 0 unspecified atom stereocenters. The molecule has 0 atom stereocenters. The fourth-order valence-corrected chi connectivity index (χ4v) is 1.93. The van der Waals surface area contributed by atoms with Crippen molar-refractivity contribution in [2.24, 2.45) is 0 Å². The summed E-state index contributed by atoms with van der Waals surface area (Å²) >= 11 is 5.79. The van der Waals surface area contributed by atoms with Gasteiger partial charge < -0.3 is 14.6 Å². The molecule has 22 heavy (non-hydrogen) atoms. The molecule has 1 N–H and O–H groups in total. The van der Waals surface area contributed by atoms with Crippen LogP contribution in [-0.4, -0.2) is 24.3 Å². The van der Waals surface area contributed by atoms with E-state index in [1.54, 1.807) is 24.3 Å². The Morgan fingerprint density at radius 1 is 0.864 bits per heavy atom. The Balaban J connectivity index is 1.61. The Bertz CT molecular complexity index is 593. The Morgan fingerprint density at radius 3 is 1.77 bits per heavy atom. The number of ether oxygens (including phenoxy) is 2. The van der Waals surface area contributed by atoms with Crippen LogP contribution in [-0.2, 0) is 0 Å². The van der Waals surface area contributed by atoms with Crippen LogP contribution in [0.25, 0.3) is 0 Å². The van der Waals surface area contributed by atoms with Gasteiger partial charge in [-0.2, -0.15) is 0 Å². The predicted molar refractivity (Wildman–Crippen MR) is 85.1 cm³/mol. The van der Waals surface area contributed by atoms with Gasteiger partial charge in [0.1, 0.15) is 11.5 Å². The molecule has 0 heterocycles. The minimum Gasteiger partial charge on any atom is -0.494 e. The zero-order valence-electron chi connectivity index (χ0n) is 12.0. The number of halogens is 1. The number of carboxylic acids is 1. The summed E-state index contributed by atoms with van der Waals surface area (Å²) in [6.45, 7) is 1.18. The molecule has 0 fully saturated rings. The van der Waals surface area contributed by atoms with Gasteiger partial charge in [0.15, 0.2) is 0 Å². The summed E-state index contributed by atoms with van der Waals surface area (Å²) in [6.07, 6.45) is 1.73. The van der Waals surface area contributed by atoms with E-state index in [9.17, 15) is 4.79 Å². The molecular weight excluding hydrogens is 304 g/mol. The fraction of sp³-hybridized carbons (Fsp3) is 0.235. The number of unbranched alkanes of at least 4 members (excludes halogenated alkanes) is 1. The largest absolute Gasteiger partial charge is 0.494 e. The summed E-state index contributed by atoms with van der Waals surface area (Å²) in [5.41, 5.74) is 0.253. The van der Waals surface area contributed by atoms with Crippen molar-refractivity contribution in [2.45, 2.75) is 12.8 Å². The molecule has 0 spiro atoms. The van der Waals surface area contributed by atoms with Crippen LogP contribution in [0.1, 0.15) is 23.2 Å². The van der Waals surface area contributed by atoms with Crippen molar-refractivity contribution in [3.8, 4) is 11.5 Å². The number of aromatic carboxylic acids is 1. The third kappa shape index (κ3) is 5.30. The molecule has 0 aliphatic carbocycles. The average molecular weight is 321 g/mol. The van der Waals surface area contributed by atoms with Gasteiger partial charge in [0, 0.05) is 5.02 Å². The first-order valence-electron chi connectivity index (χ1n) is 7.00. The van der Waals surface area contributed by atoms with Crippen molar-refractivity contribution in [3.05, 3.63) is 59.1 Å². The molecule has 0 amide bonds. The molecule has 2 rings (SSSR count). The molecule has 0 aliphatic heterocycles. The third-order valence-electron chi connectivity index (χ3n) is 2.99. The van der Waals surface area contributed by atoms with Crippen LogP contribution >= 0.6 is 11.6 Å². The highest BCUT2D eigenvalue weighted by molar-refractivity contribution is 6.30. The molecule has 4 nitrogen and oxygen atoms in total. The maximum atomic E-state index is 10.7. The number of carboxylic acid groups (broad SMARTS) is 1. The first-order chi connectivity index (χ1) is 10.6. The second-order valence-corrected chi connectivity index (χ2v) is 5.12. The second-order valence-electron chi connectivity index (χ2n) is 4.69. The zero-order chi connectivity index (χ0) is 15.8. The van der Waals surface area contributed by atoms with E-state index in [2.05, 4.69) is 0 Å². The Hall–Kier alpha value is -2.20. The summed E-state index contributed by atoms with van der Waals surface area (Å²) in [5.74, 6) is 0.532. The van der Waals surface area contributed by atoms with Crippen molar-refractivity contribution >= 4 is 17.6 Å². The van der Waals surface area contributed by atoms with Crippen LogP contribution in [0, 0.1) is 0 Å². The highest BCUT2D eigenvalue weighted by Gasteiger charge is 2.02. The second kappa shape index (κ2) is 8.29. The van der Waals surface area contributed by atoms with Crippen molar-refractivity contribution in [1.82, 2.24) is 0 Å². The molecule has 5 heteroatoms. The van der Waals surface area contributed by atoms with E-state index in [1.807, 2.05) is 12.1 Å². The van der Waals surface area contributed by atoms with Crippen LogP contribution in [0.15, 0.2) is 48.5 Å². The summed E-state index contributed by atoms with van der Waals surface area (Å²) in [5, 5.41) is 9.49. The van der Waals surface area contributed by atoms with Gasteiger partial charge in [-0.15, -0.1) is 0 Å². The van der Waals surface area contributed by atoms with Gasteiger partial charge in [0.05, 0.1) is 18.8 Å². The van der Waals surface area contributed by atoms with Gasteiger partial charge >= 0.3 is 5.97 Å². The standard InChI is InChI=1S/C17H17ClO4/c18-14-5-9-16(10-6-14)22-12-2-1-11-21-15-7-3-13(4-8-15)17(19)20/h3-10H,1-2,11-12H2,(H,19,20). The van der Waals surface area contributed by atoms with E-state index in [-0.39, 0.29) is 5.56 Å². The molecular formula is C17H17ClO4. The number of rotatable bonds is 8. The lowest BCUT2D eigenvalue weighted by Gasteiger charge is -2.08. The molecule has 0 aliphatic rings. The van der Waals surface area contributed by atoms with Crippen LogP contribution in [0.3, 0.4) is 0 Å². The first kappa shape index (κ1) is 16.2. The molecule has 0 bridgehead atoms. The minimum atomic E-state index is -0.939. The van der Waals surface area contributed by atoms with Gasteiger partial charge in [0.25, 0.3) is 0 Å². The van der Waals surface area contributed by atoms with Gasteiger partial charge in [-0.05, 0) is 61.4 Å². The van der Waals surface area contributed by atoms with Crippen molar-refractivity contribution < 1.29 is 19.4 Å². The molecule has 0 radical (unpaired) electrons. The van der Waals surface area contributed by atoms with Crippen molar-refractivity contribution in [2.75, 3.05) is 13.2 Å². The minimum absolute atomic E-state index is 0.253. The van der Waals surface area contributed by atoms with Crippen LogP contribution < -0.4 is 9.47 Å². The summed E-state index contributed by atoms with van der Waals surface area (Å²) < 4.78 is 11.1. The highest BCUT2D eigenvalue weighted by atomic mass is 35.5. The van der Waals surface area contributed by atoms with Crippen LogP contribution in [0.2, 0.25) is 5.02 Å². The highest BCUT2D eigenvalue weighted by Crippen LogP contribution is 2.16. The van der Waals surface area contributed by atoms with Crippen molar-refractivity contribution in [3.63, 3.8) is 0 Å². The predicted octanol–water partition coefficient (Wildman–Crippen LogP) is 4.28. The maximum Gasteiger partial charge on any atom is 0.335 e. The molecule has 0 aromatic heterocycles. The molecule has 2 aromatic carbocycles. The van der Waals surface area contributed by atoms with E-state index >= 15 is 0 Å². The SMILES string of the molecule is O=C(O)c1ccc(OCCCCOc2ccc(Cl)cc2)cc1. The molecule has 0 saturated heterocycles.